The molecule has 4 heteroatoms. The first-order valence-electron chi connectivity index (χ1n) is 4.80. The summed E-state index contributed by atoms with van der Waals surface area (Å²) in [6, 6.07) is 5.58. The third-order valence-electron chi connectivity index (χ3n) is 2.36. The largest absolute Gasteiger partial charge is 0.449 e. The monoisotopic (exact) mass is 191 g/mol. The van der Waals surface area contributed by atoms with Gasteiger partial charge in [-0.3, -0.25) is 4.90 Å². The number of nitrogens with zero attached hydrogens (tertiary/aromatic N) is 2. The van der Waals surface area contributed by atoms with Crippen LogP contribution in [0.2, 0.25) is 0 Å². The first kappa shape index (κ1) is 9.25. The molecule has 1 aliphatic heterocycles. The molecular formula is C10H13N3O. The van der Waals surface area contributed by atoms with Crippen LogP contribution in [0.15, 0.2) is 16.5 Å². The standard InChI is InChI=1S/C10H13N3O/c11-7-9-1-2-10(14-9)8-13-5-3-12-4-6-13/h1-2,12H,3-6,8H2. The van der Waals surface area contributed by atoms with Gasteiger partial charge in [0, 0.05) is 26.2 Å². The van der Waals surface area contributed by atoms with E-state index in [1.165, 1.54) is 0 Å². The van der Waals surface area contributed by atoms with E-state index in [-0.39, 0.29) is 0 Å². The van der Waals surface area contributed by atoms with Gasteiger partial charge in [0.2, 0.25) is 5.76 Å². The SMILES string of the molecule is N#Cc1ccc(CN2CCNCC2)o1. The molecule has 2 rings (SSSR count). The minimum atomic E-state index is 0.398. The van der Waals surface area contributed by atoms with Gasteiger partial charge in [0.15, 0.2) is 0 Å². The summed E-state index contributed by atoms with van der Waals surface area (Å²) in [6.07, 6.45) is 0. The molecule has 0 saturated carbocycles. The zero-order chi connectivity index (χ0) is 9.80. The molecule has 1 saturated heterocycles. The average Bonchev–Trinajstić information content (AvgIpc) is 2.67. The van der Waals surface area contributed by atoms with E-state index in [4.69, 9.17) is 9.68 Å². The van der Waals surface area contributed by atoms with E-state index in [9.17, 15) is 0 Å². The van der Waals surface area contributed by atoms with Crippen LogP contribution >= 0.6 is 0 Å². The van der Waals surface area contributed by atoms with Gasteiger partial charge in [-0.2, -0.15) is 5.26 Å². The van der Waals surface area contributed by atoms with Crippen LogP contribution in [-0.4, -0.2) is 31.1 Å². The minimum absolute atomic E-state index is 0.398. The van der Waals surface area contributed by atoms with E-state index in [1.54, 1.807) is 6.07 Å². The molecule has 0 bridgehead atoms. The minimum Gasteiger partial charge on any atom is -0.449 e. The van der Waals surface area contributed by atoms with Crippen molar-refractivity contribution in [2.45, 2.75) is 6.54 Å². The molecule has 0 radical (unpaired) electrons. The molecule has 2 heterocycles. The third-order valence-corrected chi connectivity index (χ3v) is 2.36. The lowest BCUT2D eigenvalue weighted by Crippen LogP contribution is -2.42. The number of hydrogen-bond acceptors (Lipinski definition) is 4. The second-order valence-electron chi connectivity index (χ2n) is 3.40. The van der Waals surface area contributed by atoms with Crippen molar-refractivity contribution < 1.29 is 4.42 Å². The van der Waals surface area contributed by atoms with E-state index < -0.39 is 0 Å². The van der Waals surface area contributed by atoms with Crippen molar-refractivity contribution in [2.75, 3.05) is 26.2 Å². The van der Waals surface area contributed by atoms with E-state index in [2.05, 4.69) is 10.2 Å². The Kier molecular flexibility index (Phi) is 2.82. The highest BCUT2D eigenvalue weighted by Crippen LogP contribution is 2.09. The Hall–Kier alpha value is -1.31. The predicted octanol–water partition coefficient (Wildman–Crippen LogP) is 0.556. The number of hydrogen-bond donors (Lipinski definition) is 1. The lowest BCUT2D eigenvalue weighted by Gasteiger charge is -2.25. The highest BCUT2D eigenvalue weighted by atomic mass is 16.3. The number of nitrogens with one attached hydrogen (secondary N) is 1. The van der Waals surface area contributed by atoms with Gasteiger partial charge in [-0.25, -0.2) is 0 Å². The lowest BCUT2D eigenvalue weighted by molar-refractivity contribution is 0.216. The molecule has 0 amide bonds. The molecule has 0 atom stereocenters. The summed E-state index contributed by atoms with van der Waals surface area (Å²) >= 11 is 0. The molecule has 0 spiro atoms. The van der Waals surface area contributed by atoms with Gasteiger partial charge in [0.1, 0.15) is 11.8 Å². The summed E-state index contributed by atoms with van der Waals surface area (Å²) in [6.45, 7) is 4.96. The lowest BCUT2D eigenvalue weighted by atomic mass is 10.3. The molecule has 0 unspecified atom stereocenters. The van der Waals surface area contributed by atoms with Gasteiger partial charge in [-0.05, 0) is 12.1 Å². The van der Waals surface area contributed by atoms with E-state index in [1.807, 2.05) is 12.1 Å². The van der Waals surface area contributed by atoms with Crippen LogP contribution in [0.25, 0.3) is 0 Å². The topological polar surface area (TPSA) is 52.2 Å². The zero-order valence-corrected chi connectivity index (χ0v) is 7.99. The summed E-state index contributed by atoms with van der Waals surface area (Å²) in [5.41, 5.74) is 0. The second-order valence-corrected chi connectivity index (χ2v) is 3.40. The first-order valence-corrected chi connectivity index (χ1v) is 4.80. The summed E-state index contributed by atoms with van der Waals surface area (Å²) in [4.78, 5) is 2.32. The molecule has 1 aromatic heterocycles. The smallest absolute Gasteiger partial charge is 0.203 e. The molecule has 1 N–H and O–H groups in total. The van der Waals surface area contributed by atoms with Crippen molar-refractivity contribution in [3.8, 4) is 6.07 Å². The fraction of sp³-hybridized carbons (Fsp3) is 0.500. The average molecular weight is 191 g/mol. The van der Waals surface area contributed by atoms with Gasteiger partial charge in [-0.15, -0.1) is 0 Å². The molecule has 14 heavy (non-hydrogen) atoms. The van der Waals surface area contributed by atoms with Crippen LogP contribution < -0.4 is 5.32 Å². The second kappa shape index (κ2) is 4.27. The third kappa shape index (κ3) is 2.13. The van der Waals surface area contributed by atoms with Crippen LogP contribution in [0.1, 0.15) is 11.5 Å². The zero-order valence-electron chi connectivity index (χ0n) is 7.99. The molecular weight excluding hydrogens is 178 g/mol. The predicted molar refractivity (Wildman–Crippen MR) is 51.6 cm³/mol. The Balaban J connectivity index is 1.93. The van der Waals surface area contributed by atoms with Crippen LogP contribution in [0.3, 0.4) is 0 Å². The Bertz CT molecular complexity index is 333. The number of piperazine rings is 1. The van der Waals surface area contributed by atoms with Crippen molar-refractivity contribution in [3.63, 3.8) is 0 Å². The van der Waals surface area contributed by atoms with Crippen LogP contribution in [0.5, 0.6) is 0 Å². The Morgan fingerprint density at radius 1 is 1.43 bits per heavy atom. The van der Waals surface area contributed by atoms with Crippen LogP contribution in [0.4, 0.5) is 0 Å². The van der Waals surface area contributed by atoms with Gasteiger partial charge >= 0.3 is 0 Å². The van der Waals surface area contributed by atoms with Gasteiger partial charge in [-0.1, -0.05) is 0 Å². The molecule has 1 aromatic rings. The number of nitriles is 1. The van der Waals surface area contributed by atoms with Crippen molar-refractivity contribution in [1.29, 1.82) is 5.26 Å². The molecule has 0 aliphatic carbocycles. The highest BCUT2D eigenvalue weighted by molar-refractivity contribution is 5.19. The van der Waals surface area contributed by atoms with E-state index >= 15 is 0 Å². The Morgan fingerprint density at radius 2 is 2.21 bits per heavy atom. The summed E-state index contributed by atoms with van der Waals surface area (Å²) < 4.78 is 5.31. The number of furan rings is 1. The molecule has 74 valence electrons. The van der Waals surface area contributed by atoms with Gasteiger partial charge in [0.05, 0.1) is 6.54 Å². The van der Waals surface area contributed by atoms with Crippen LogP contribution in [0, 0.1) is 11.3 Å². The van der Waals surface area contributed by atoms with Crippen molar-refractivity contribution >= 4 is 0 Å². The van der Waals surface area contributed by atoms with Crippen molar-refractivity contribution in [2.24, 2.45) is 0 Å². The maximum Gasteiger partial charge on any atom is 0.203 e. The van der Waals surface area contributed by atoms with Crippen molar-refractivity contribution in [3.05, 3.63) is 23.7 Å². The number of rotatable bonds is 2. The van der Waals surface area contributed by atoms with E-state index in [0.717, 1.165) is 38.5 Å². The fourth-order valence-corrected chi connectivity index (χ4v) is 1.61. The molecule has 1 aliphatic rings. The maximum atomic E-state index is 8.59. The summed E-state index contributed by atoms with van der Waals surface area (Å²) in [5.74, 6) is 1.28. The molecule has 0 aromatic carbocycles. The highest BCUT2D eigenvalue weighted by Gasteiger charge is 2.11. The van der Waals surface area contributed by atoms with Gasteiger partial charge < -0.3 is 9.73 Å². The van der Waals surface area contributed by atoms with Crippen molar-refractivity contribution in [1.82, 2.24) is 10.2 Å². The molecule has 1 fully saturated rings. The van der Waals surface area contributed by atoms with Crippen LogP contribution in [-0.2, 0) is 6.54 Å². The normalized spacial score (nSPS) is 17.9. The van der Waals surface area contributed by atoms with Gasteiger partial charge in [0.25, 0.3) is 0 Å². The fourth-order valence-electron chi connectivity index (χ4n) is 1.61. The van der Waals surface area contributed by atoms with E-state index in [0.29, 0.717) is 5.76 Å². The maximum absolute atomic E-state index is 8.59. The Labute approximate surface area is 83.1 Å². The summed E-state index contributed by atoms with van der Waals surface area (Å²) in [5, 5.41) is 11.9. The first-order chi connectivity index (χ1) is 6.88. The Morgan fingerprint density at radius 3 is 2.86 bits per heavy atom. The summed E-state index contributed by atoms with van der Waals surface area (Å²) in [7, 11) is 0. The quantitative estimate of drug-likeness (QED) is 0.742. The molecule has 4 nitrogen and oxygen atoms in total.